The highest BCUT2D eigenvalue weighted by molar-refractivity contribution is 6.21. The molecule has 1 unspecified atom stereocenters. The predicted molar refractivity (Wildman–Crippen MR) is 118 cm³/mol. The number of amides is 2. The van der Waals surface area contributed by atoms with Gasteiger partial charge in [-0.1, -0.05) is 17.7 Å². The predicted octanol–water partition coefficient (Wildman–Crippen LogP) is 4.29. The lowest BCUT2D eigenvalue weighted by Crippen LogP contribution is -2.35. The van der Waals surface area contributed by atoms with Crippen molar-refractivity contribution in [2.45, 2.75) is 51.2 Å². The fourth-order valence-corrected chi connectivity index (χ4v) is 4.64. The molecule has 2 aliphatic rings. The molecule has 5 rings (SSSR count). The summed E-state index contributed by atoms with van der Waals surface area (Å²) in [5.41, 5.74) is 2.46. The van der Waals surface area contributed by atoms with Crippen LogP contribution in [0.3, 0.4) is 0 Å². The van der Waals surface area contributed by atoms with E-state index in [9.17, 15) is 9.59 Å². The maximum Gasteiger partial charge on any atom is 0.262 e. The molecule has 1 aromatic heterocycles. The molecule has 0 spiro atoms. The number of carbonyl (C=O) groups excluding carboxylic acids is 2. The molecule has 0 radical (unpaired) electrons. The van der Waals surface area contributed by atoms with E-state index in [0.717, 1.165) is 36.8 Å². The molecule has 33 heavy (non-hydrogen) atoms. The summed E-state index contributed by atoms with van der Waals surface area (Å²) >= 11 is 0. The molecule has 1 aliphatic heterocycles. The second-order valence-corrected chi connectivity index (χ2v) is 8.52. The zero-order chi connectivity index (χ0) is 22.9. The highest BCUT2D eigenvalue weighted by Crippen LogP contribution is 2.38. The first-order chi connectivity index (χ1) is 16.0. The molecule has 8 heteroatoms. The van der Waals surface area contributed by atoms with Gasteiger partial charge in [0.25, 0.3) is 11.8 Å². The summed E-state index contributed by atoms with van der Waals surface area (Å²) in [6, 6.07) is 10.2. The number of nitrogens with zero attached hydrogens (tertiary/aromatic N) is 3. The van der Waals surface area contributed by atoms with Crippen LogP contribution >= 0.6 is 0 Å². The SMILES string of the molecule is COc1ccc(C(Cc2nnco2)N2C(=O)c3ccc(C)cc3C2=O)cc1OC1CCCC1. The summed E-state index contributed by atoms with van der Waals surface area (Å²) in [5.74, 6) is 0.873. The molecule has 3 aromatic rings. The molecule has 2 heterocycles. The first kappa shape index (κ1) is 21.2. The standard InChI is InChI=1S/C25H25N3O5/c1-15-7-9-18-19(11-15)25(30)28(24(18)29)20(13-23-27-26-14-32-23)16-8-10-21(31-2)22(12-16)33-17-5-3-4-6-17/h7-12,14,17,20H,3-6,13H2,1-2H3. The van der Waals surface area contributed by atoms with E-state index in [4.69, 9.17) is 13.9 Å². The summed E-state index contributed by atoms with van der Waals surface area (Å²) in [6.45, 7) is 1.90. The van der Waals surface area contributed by atoms with Crippen LogP contribution in [0.1, 0.15) is 69.5 Å². The smallest absolute Gasteiger partial charge is 0.262 e. The van der Waals surface area contributed by atoms with Gasteiger partial charge in [-0.2, -0.15) is 0 Å². The fraction of sp³-hybridized carbons (Fsp3) is 0.360. The van der Waals surface area contributed by atoms with Crippen molar-refractivity contribution in [1.82, 2.24) is 15.1 Å². The number of benzene rings is 2. The van der Waals surface area contributed by atoms with Gasteiger partial charge in [0.15, 0.2) is 11.5 Å². The number of hydrogen-bond acceptors (Lipinski definition) is 7. The van der Waals surface area contributed by atoms with Crippen LogP contribution in [0, 0.1) is 6.92 Å². The van der Waals surface area contributed by atoms with Crippen molar-refractivity contribution in [1.29, 1.82) is 0 Å². The van der Waals surface area contributed by atoms with Crippen molar-refractivity contribution < 1.29 is 23.5 Å². The topological polar surface area (TPSA) is 94.8 Å². The molecular formula is C25H25N3O5. The number of imide groups is 1. The van der Waals surface area contributed by atoms with Crippen LogP contribution in [0.15, 0.2) is 47.2 Å². The monoisotopic (exact) mass is 447 g/mol. The number of aromatic nitrogens is 2. The molecule has 1 fully saturated rings. The van der Waals surface area contributed by atoms with Gasteiger partial charge in [-0.05, 0) is 62.4 Å². The Balaban J connectivity index is 1.55. The highest BCUT2D eigenvalue weighted by Gasteiger charge is 2.41. The largest absolute Gasteiger partial charge is 0.493 e. The second kappa shape index (κ2) is 8.69. The molecule has 0 bridgehead atoms. The summed E-state index contributed by atoms with van der Waals surface area (Å²) in [6.07, 6.45) is 5.83. The highest BCUT2D eigenvalue weighted by atomic mass is 16.5. The summed E-state index contributed by atoms with van der Waals surface area (Å²) in [5, 5.41) is 7.73. The Morgan fingerprint density at radius 3 is 2.58 bits per heavy atom. The van der Waals surface area contributed by atoms with E-state index in [2.05, 4.69) is 10.2 Å². The van der Waals surface area contributed by atoms with E-state index in [1.54, 1.807) is 19.2 Å². The molecule has 1 saturated carbocycles. The van der Waals surface area contributed by atoms with E-state index >= 15 is 0 Å². The van der Waals surface area contributed by atoms with Crippen LogP contribution in [0.4, 0.5) is 0 Å². The van der Waals surface area contributed by atoms with Gasteiger partial charge in [-0.15, -0.1) is 10.2 Å². The van der Waals surface area contributed by atoms with Gasteiger partial charge >= 0.3 is 0 Å². The fourth-order valence-electron chi connectivity index (χ4n) is 4.64. The van der Waals surface area contributed by atoms with Gasteiger partial charge < -0.3 is 13.9 Å². The molecule has 0 N–H and O–H groups in total. The average molecular weight is 447 g/mol. The van der Waals surface area contributed by atoms with Crippen molar-refractivity contribution in [2.75, 3.05) is 7.11 Å². The number of carbonyl (C=O) groups is 2. The van der Waals surface area contributed by atoms with E-state index in [1.165, 1.54) is 11.3 Å². The minimum Gasteiger partial charge on any atom is -0.493 e. The lowest BCUT2D eigenvalue weighted by atomic mass is 10.0. The average Bonchev–Trinajstić information content (AvgIpc) is 3.56. The Labute approximate surface area is 191 Å². The second-order valence-electron chi connectivity index (χ2n) is 8.52. The van der Waals surface area contributed by atoms with Crippen LogP contribution in [0.25, 0.3) is 0 Å². The van der Waals surface area contributed by atoms with Crippen molar-refractivity contribution in [3.05, 3.63) is 70.9 Å². The first-order valence-corrected chi connectivity index (χ1v) is 11.1. The van der Waals surface area contributed by atoms with Gasteiger partial charge in [0, 0.05) is 0 Å². The van der Waals surface area contributed by atoms with Crippen LogP contribution in [0.5, 0.6) is 11.5 Å². The maximum absolute atomic E-state index is 13.4. The van der Waals surface area contributed by atoms with Crippen molar-refractivity contribution >= 4 is 11.8 Å². The number of rotatable bonds is 7. The van der Waals surface area contributed by atoms with Crippen LogP contribution in [-0.4, -0.2) is 40.1 Å². The number of ether oxygens (including phenoxy) is 2. The third-order valence-corrected chi connectivity index (χ3v) is 6.33. The number of fused-ring (bicyclic) bond motifs is 1. The lowest BCUT2D eigenvalue weighted by Gasteiger charge is -2.27. The van der Waals surface area contributed by atoms with E-state index in [0.29, 0.717) is 28.5 Å². The Morgan fingerprint density at radius 1 is 1.06 bits per heavy atom. The third kappa shape index (κ3) is 3.97. The van der Waals surface area contributed by atoms with Crippen LogP contribution in [0.2, 0.25) is 0 Å². The van der Waals surface area contributed by atoms with E-state index in [1.807, 2.05) is 31.2 Å². The molecule has 8 nitrogen and oxygen atoms in total. The van der Waals surface area contributed by atoms with Crippen molar-refractivity contribution in [3.63, 3.8) is 0 Å². The van der Waals surface area contributed by atoms with Crippen LogP contribution in [-0.2, 0) is 6.42 Å². The maximum atomic E-state index is 13.4. The Hall–Kier alpha value is -3.68. The Kier molecular flexibility index (Phi) is 5.58. The number of hydrogen-bond donors (Lipinski definition) is 0. The molecule has 1 atom stereocenters. The van der Waals surface area contributed by atoms with Gasteiger partial charge in [0.1, 0.15) is 0 Å². The summed E-state index contributed by atoms with van der Waals surface area (Å²) in [7, 11) is 1.60. The summed E-state index contributed by atoms with van der Waals surface area (Å²) in [4.78, 5) is 28.0. The minimum absolute atomic E-state index is 0.130. The normalized spacial score (nSPS) is 16.8. The van der Waals surface area contributed by atoms with Gasteiger partial charge in [-0.25, -0.2) is 0 Å². The van der Waals surface area contributed by atoms with Crippen LogP contribution < -0.4 is 9.47 Å². The Morgan fingerprint density at radius 2 is 1.85 bits per heavy atom. The molecule has 0 saturated heterocycles. The van der Waals surface area contributed by atoms with Gasteiger partial charge in [-0.3, -0.25) is 14.5 Å². The molecule has 2 amide bonds. The van der Waals surface area contributed by atoms with E-state index < -0.39 is 6.04 Å². The minimum atomic E-state index is -0.644. The van der Waals surface area contributed by atoms with Gasteiger partial charge in [0.2, 0.25) is 12.3 Å². The van der Waals surface area contributed by atoms with Crippen molar-refractivity contribution in [2.24, 2.45) is 0 Å². The molecule has 1 aliphatic carbocycles. The number of aryl methyl sites for hydroxylation is 1. The third-order valence-electron chi connectivity index (χ3n) is 6.33. The lowest BCUT2D eigenvalue weighted by molar-refractivity contribution is 0.0576. The number of methoxy groups -OCH3 is 1. The molecular weight excluding hydrogens is 422 g/mol. The van der Waals surface area contributed by atoms with Crippen molar-refractivity contribution in [3.8, 4) is 11.5 Å². The molecule has 2 aromatic carbocycles. The Bertz CT molecular complexity index is 1180. The van der Waals surface area contributed by atoms with Gasteiger partial charge in [0.05, 0.1) is 36.8 Å². The summed E-state index contributed by atoms with van der Waals surface area (Å²) < 4.78 is 17.1. The van der Waals surface area contributed by atoms with E-state index in [-0.39, 0.29) is 24.3 Å². The molecule has 170 valence electrons. The first-order valence-electron chi connectivity index (χ1n) is 11.1. The zero-order valence-corrected chi connectivity index (χ0v) is 18.6. The zero-order valence-electron chi connectivity index (χ0n) is 18.6. The quantitative estimate of drug-likeness (QED) is 0.499.